The molecule has 3 saturated heterocycles. The van der Waals surface area contributed by atoms with Crippen molar-refractivity contribution in [1.82, 2.24) is 9.47 Å². The number of pyridine rings is 1. The van der Waals surface area contributed by atoms with E-state index in [1.54, 1.807) is 4.57 Å². The van der Waals surface area contributed by atoms with E-state index in [0.29, 0.717) is 24.1 Å². The predicted octanol–water partition coefficient (Wildman–Crippen LogP) is 4.55. The molecule has 34 heavy (non-hydrogen) atoms. The normalized spacial score (nSPS) is 26.7. The Morgan fingerprint density at radius 1 is 0.971 bits per heavy atom. The zero-order valence-corrected chi connectivity index (χ0v) is 19.7. The third kappa shape index (κ3) is 4.21. The van der Waals surface area contributed by atoms with Gasteiger partial charge >= 0.3 is 0 Å². The van der Waals surface area contributed by atoms with E-state index in [1.807, 2.05) is 54.7 Å². The Kier molecular flexibility index (Phi) is 5.79. The maximum atomic E-state index is 13.2. The minimum Gasteiger partial charge on any atom is -0.491 e. The lowest BCUT2D eigenvalue weighted by Crippen LogP contribution is -2.43. The second kappa shape index (κ2) is 9.08. The van der Waals surface area contributed by atoms with E-state index in [0.717, 1.165) is 54.9 Å². The van der Waals surface area contributed by atoms with Crippen molar-refractivity contribution in [2.24, 2.45) is 0 Å². The summed E-state index contributed by atoms with van der Waals surface area (Å²) in [6.07, 6.45) is 9.18. The molecule has 6 heteroatoms. The van der Waals surface area contributed by atoms with Crippen LogP contribution in [0.3, 0.4) is 0 Å². The minimum atomic E-state index is -0.0382. The number of hydrogen-bond acceptors (Lipinski definition) is 5. The lowest BCUT2D eigenvalue weighted by Gasteiger charge is -2.36. The van der Waals surface area contributed by atoms with Crippen LogP contribution in [0.15, 0.2) is 59.5 Å². The highest BCUT2D eigenvalue weighted by Gasteiger charge is 2.39. The number of nitrogens with zero attached hydrogens (tertiary/aromatic N) is 2. The molecule has 2 bridgehead atoms. The molecule has 3 aliphatic heterocycles. The van der Waals surface area contributed by atoms with Crippen molar-refractivity contribution >= 4 is 10.8 Å². The molecule has 0 N–H and O–H groups in total. The molecule has 3 aliphatic rings. The number of benzene rings is 2. The average molecular weight is 461 g/mol. The third-order valence-electron chi connectivity index (χ3n) is 7.81. The van der Waals surface area contributed by atoms with Crippen molar-refractivity contribution in [2.45, 2.75) is 62.8 Å². The van der Waals surface area contributed by atoms with Crippen LogP contribution in [0.25, 0.3) is 16.5 Å². The molecule has 0 saturated carbocycles. The molecule has 1 aromatic heterocycles. The van der Waals surface area contributed by atoms with E-state index in [4.69, 9.17) is 14.2 Å². The second-order valence-electron chi connectivity index (χ2n) is 9.94. The van der Waals surface area contributed by atoms with E-state index >= 15 is 0 Å². The molecule has 0 amide bonds. The van der Waals surface area contributed by atoms with Crippen LogP contribution in [-0.4, -0.2) is 54.0 Å². The molecule has 2 aromatic carbocycles. The molecular weight excluding hydrogens is 428 g/mol. The monoisotopic (exact) mass is 460 g/mol. The van der Waals surface area contributed by atoms with Crippen LogP contribution in [0.2, 0.25) is 0 Å². The fraction of sp³-hybridized carbons (Fsp3) is 0.464. The summed E-state index contributed by atoms with van der Waals surface area (Å²) in [4.78, 5) is 15.7. The van der Waals surface area contributed by atoms with Gasteiger partial charge in [-0.25, -0.2) is 0 Å². The fourth-order valence-electron chi connectivity index (χ4n) is 5.82. The van der Waals surface area contributed by atoms with E-state index < -0.39 is 0 Å². The van der Waals surface area contributed by atoms with Crippen molar-refractivity contribution < 1.29 is 14.2 Å². The van der Waals surface area contributed by atoms with Crippen LogP contribution in [0.5, 0.6) is 11.5 Å². The summed E-state index contributed by atoms with van der Waals surface area (Å²) in [5, 5.41) is 1.55. The number of hydrogen-bond donors (Lipinski definition) is 0. The van der Waals surface area contributed by atoms with E-state index in [1.165, 1.54) is 12.8 Å². The lowest BCUT2D eigenvalue weighted by atomic mass is 10.0. The highest BCUT2D eigenvalue weighted by Crippen LogP contribution is 2.36. The van der Waals surface area contributed by atoms with Crippen LogP contribution < -0.4 is 15.0 Å². The van der Waals surface area contributed by atoms with Gasteiger partial charge in [0.25, 0.3) is 5.56 Å². The molecule has 4 atom stereocenters. The van der Waals surface area contributed by atoms with Gasteiger partial charge in [-0.05, 0) is 99.5 Å². The molecule has 0 radical (unpaired) electrons. The van der Waals surface area contributed by atoms with Gasteiger partial charge in [0.2, 0.25) is 0 Å². The van der Waals surface area contributed by atoms with Gasteiger partial charge in [-0.1, -0.05) is 0 Å². The summed E-state index contributed by atoms with van der Waals surface area (Å²) >= 11 is 0. The Balaban J connectivity index is 1.16. The van der Waals surface area contributed by atoms with Crippen LogP contribution in [-0.2, 0) is 4.74 Å². The smallest absolute Gasteiger partial charge is 0.262 e. The Morgan fingerprint density at radius 2 is 1.74 bits per heavy atom. The van der Waals surface area contributed by atoms with Crippen LogP contribution in [0.1, 0.15) is 38.5 Å². The molecule has 0 aliphatic carbocycles. The zero-order chi connectivity index (χ0) is 23.1. The summed E-state index contributed by atoms with van der Waals surface area (Å²) in [5.74, 6) is 1.64. The molecule has 6 rings (SSSR count). The van der Waals surface area contributed by atoms with E-state index in [2.05, 4.69) is 11.9 Å². The van der Waals surface area contributed by atoms with Gasteiger partial charge in [-0.3, -0.25) is 9.36 Å². The Bertz CT molecular complexity index is 1200. The first-order valence-electron chi connectivity index (χ1n) is 12.5. The number of aromatic nitrogens is 1. The quantitative estimate of drug-likeness (QED) is 0.540. The van der Waals surface area contributed by atoms with Gasteiger partial charge in [0, 0.05) is 36.0 Å². The first kappa shape index (κ1) is 21.7. The average Bonchev–Trinajstić information content (AvgIpc) is 3.43. The summed E-state index contributed by atoms with van der Waals surface area (Å²) in [5.41, 5.74) is 0.796. The van der Waals surface area contributed by atoms with Crippen LogP contribution >= 0.6 is 0 Å². The third-order valence-corrected chi connectivity index (χ3v) is 7.81. The van der Waals surface area contributed by atoms with Crippen molar-refractivity contribution in [3.63, 3.8) is 0 Å². The summed E-state index contributed by atoms with van der Waals surface area (Å²) in [6, 6.07) is 16.8. The second-order valence-corrected chi connectivity index (χ2v) is 9.94. The standard InChI is InChI=1S/C28H32N2O4/c1-29-21-4-5-22(29)17-26(16-21)34-23-8-6-20(7-9-23)30-13-12-19-15-24(10-11-27(19)28(30)31)33-18-25-3-2-14-32-25/h6-13,15,21-22,25-26H,2-5,14,16-18H2,1H3/t21-,22+,25-,26-/m0/s1. The molecule has 3 fully saturated rings. The van der Waals surface area contributed by atoms with Gasteiger partial charge in [-0.2, -0.15) is 0 Å². The van der Waals surface area contributed by atoms with Gasteiger partial charge in [0.05, 0.1) is 6.10 Å². The first-order valence-corrected chi connectivity index (χ1v) is 12.5. The lowest BCUT2D eigenvalue weighted by molar-refractivity contribution is 0.0661. The van der Waals surface area contributed by atoms with E-state index in [9.17, 15) is 4.79 Å². The van der Waals surface area contributed by atoms with Crippen LogP contribution in [0, 0.1) is 0 Å². The number of ether oxygens (including phenoxy) is 3. The molecule has 0 unspecified atom stereocenters. The fourth-order valence-corrected chi connectivity index (χ4v) is 5.82. The van der Waals surface area contributed by atoms with Gasteiger partial charge in [-0.15, -0.1) is 0 Å². The highest BCUT2D eigenvalue weighted by atomic mass is 16.5. The number of fused-ring (bicyclic) bond motifs is 3. The van der Waals surface area contributed by atoms with Crippen molar-refractivity contribution in [3.8, 4) is 17.2 Å². The predicted molar refractivity (Wildman–Crippen MR) is 132 cm³/mol. The van der Waals surface area contributed by atoms with Crippen molar-refractivity contribution in [1.29, 1.82) is 0 Å². The molecule has 0 spiro atoms. The molecule has 4 heterocycles. The Labute approximate surface area is 200 Å². The molecule has 6 nitrogen and oxygen atoms in total. The zero-order valence-electron chi connectivity index (χ0n) is 19.7. The molecule has 3 aromatic rings. The summed E-state index contributed by atoms with van der Waals surface area (Å²) in [7, 11) is 2.24. The topological polar surface area (TPSA) is 52.9 Å². The van der Waals surface area contributed by atoms with E-state index in [-0.39, 0.29) is 17.8 Å². The minimum absolute atomic E-state index is 0.0382. The Morgan fingerprint density at radius 3 is 2.47 bits per heavy atom. The maximum absolute atomic E-state index is 13.2. The van der Waals surface area contributed by atoms with Crippen LogP contribution in [0.4, 0.5) is 0 Å². The summed E-state index contributed by atoms with van der Waals surface area (Å²) < 4.78 is 19.5. The maximum Gasteiger partial charge on any atom is 0.262 e. The van der Waals surface area contributed by atoms with Gasteiger partial charge < -0.3 is 19.1 Å². The molecule has 178 valence electrons. The highest BCUT2D eigenvalue weighted by molar-refractivity contribution is 5.83. The first-order chi connectivity index (χ1) is 16.6. The van der Waals surface area contributed by atoms with Gasteiger partial charge in [0.1, 0.15) is 24.2 Å². The number of piperidine rings is 1. The largest absolute Gasteiger partial charge is 0.491 e. The number of rotatable bonds is 6. The SMILES string of the molecule is CN1[C@@H]2CC[C@H]1C[C@H](Oc1ccc(-n3ccc4cc(OC[C@@H]5CCCO5)ccc4c3=O)cc1)C2. The Hall–Kier alpha value is -2.83. The van der Waals surface area contributed by atoms with Crippen molar-refractivity contribution in [3.05, 3.63) is 65.1 Å². The molecular formula is C28H32N2O4. The van der Waals surface area contributed by atoms with Gasteiger partial charge in [0.15, 0.2) is 0 Å². The summed E-state index contributed by atoms with van der Waals surface area (Å²) in [6.45, 7) is 1.37. The van der Waals surface area contributed by atoms with Crippen molar-refractivity contribution in [2.75, 3.05) is 20.3 Å².